The lowest BCUT2D eigenvalue weighted by molar-refractivity contribution is 0.435. The van der Waals surface area contributed by atoms with Crippen molar-refractivity contribution < 1.29 is 8.42 Å². The molecule has 0 radical (unpaired) electrons. The normalized spacial score (nSPS) is 13.8. The first-order chi connectivity index (χ1) is 8.36. The summed E-state index contributed by atoms with van der Waals surface area (Å²) < 4.78 is 24.6. The highest BCUT2D eigenvalue weighted by Gasteiger charge is 2.22. The van der Waals surface area contributed by atoms with Crippen molar-refractivity contribution in [2.75, 3.05) is 12.3 Å². The van der Waals surface area contributed by atoms with Gasteiger partial charge < -0.3 is 5.32 Å². The van der Waals surface area contributed by atoms with Crippen molar-refractivity contribution in [1.82, 2.24) is 5.32 Å². The minimum absolute atomic E-state index is 0.00121. The molecule has 1 rings (SSSR count). The van der Waals surface area contributed by atoms with Gasteiger partial charge in [0.25, 0.3) is 0 Å². The largest absolute Gasteiger partial charge is 0.313 e. The summed E-state index contributed by atoms with van der Waals surface area (Å²) >= 11 is 0. The molecule has 0 fully saturated rings. The molecule has 0 spiro atoms. The summed E-state index contributed by atoms with van der Waals surface area (Å²) in [6.07, 6.45) is 0. The van der Waals surface area contributed by atoms with Crippen LogP contribution < -0.4 is 5.32 Å². The van der Waals surface area contributed by atoms with Crippen LogP contribution in [-0.2, 0) is 9.84 Å². The summed E-state index contributed by atoms with van der Waals surface area (Å²) in [6, 6.07) is 7.05. The van der Waals surface area contributed by atoms with Crippen molar-refractivity contribution in [2.24, 2.45) is 5.92 Å². The number of aryl methyl sites for hydroxylation is 1. The topological polar surface area (TPSA) is 46.2 Å². The summed E-state index contributed by atoms with van der Waals surface area (Å²) in [5.74, 6) is 0.451. The zero-order chi connectivity index (χ0) is 13.8. The van der Waals surface area contributed by atoms with Gasteiger partial charge in [-0.25, -0.2) is 8.42 Å². The summed E-state index contributed by atoms with van der Waals surface area (Å²) in [6.45, 7) is 8.81. The molecule has 1 aromatic rings. The van der Waals surface area contributed by atoms with E-state index in [1.165, 1.54) is 0 Å². The Morgan fingerprint density at radius 3 is 2.17 bits per heavy atom. The van der Waals surface area contributed by atoms with Crippen molar-refractivity contribution >= 4 is 9.84 Å². The fraction of sp³-hybridized carbons (Fsp3) is 0.571. The third kappa shape index (κ3) is 4.10. The summed E-state index contributed by atoms with van der Waals surface area (Å²) in [7, 11) is -3.21. The minimum Gasteiger partial charge on any atom is -0.313 e. The van der Waals surface area contributed by atoms with Gasteiger partial charge in [-0.15, -0.1) is 0 Å². The smallest absolute Gasteiger partial charge is 0.179 e. The Morgan fingerprint density at radius 1 is 1.17 bits per heavy atom. The van der Waals surface area contributed by atoms with Crippen molar-refractivity contribution in [3.63, 3.8) is 0 Å². The first-order valence-electron chi connectivity index (χ1n) is 6.39. The highest BCUT2D eigenvalue weighted by atomic mass is 32.2. The van der Waals surface area contributed by atoms with E-state index in [1.807, 2.05) is 39.8 Å². The molecule has 0 aliphatic carbocycles. The molecule has 0 aromatic heterocycles. The van der Waals surface area contributed by atoms with Crippen LogP contribution in [0, 0.1) is 12.8 Å². The Kier molecular flexibility index (Phi) is 5.35. The summed E-state index contributed by atoms with van der Waals surface area (Å²) in [5.41, 5.74) is 1.07. The third-order valence-electron chi connectivity index (χ3n) is 3.05. The van der Waals surface area contributed by atoms with Gasteiger partial charge in [-0.1, -0.05) is 38.5 Å². The van der Waals surface area contributed by atoms with Crippen molar-refractivity contribution in [3.8, 4) is 0 Å². The Hall–Kier alpha value is -0.870. The van der Waals surface area contributed by atoms with Gasteiger partial charge in [0.05, 0.1) is 10.6 Å². The van der Waals surface area contributed by atoms with Crippen LogP contribution in [0.1, 0.15) is 26.3 Å². The molecular formula is C14H23NO2S. The monoisotopic (exact) mass is 269 g/mol. The summed E-state index contributed by atoms with van der Waals surface area (Å²) in [4.78, 5) is 0.414. The van der Waals surface area contributed by atoms with Gasteiger partial charge in [-0.05, 0) is 31.5 Å². The molecule has 102 valence electrons. The molecule has 1 unspecified atom stereocenters. The molecule has 3 nitrogen and oxygen atoms in total. The Morgan fingerprint density at radius 2 is 1.72 bits per heavy atom. The minimum atomic E-state index is -3.21. The molecule has 0 amide bonds. The lowest BCUT2D eigenvalue weighted by atomic mass is 10.1. The molecule has 0 saturated heterocycles. The van der Waals surface area contributed by atoms with E-state index in [9.17, 15) is 8.42 Å². The first-order valence-corrected chi connectivity index (χ1v) is 8.05. The van der Waals surface area contributed by atoms with E-state index in [-0.39, 0.29) is 11.8 Å². The first kappa shape index (κ1) is 15.2. The Balaban J connectivity index is 2.89. The second-order valence-corrected chi connectivity index (χ2v) is 7.04. The standard InChI is InChI=1S/C14H23NO2S/c1-5-15-14(11(2)3)10-18(16,17)13-8-6-12(4)7-9-13/h6-9,11,14-15H,5,10H2,1-4H3. The van der Waals surface area contributed by atoms with Crippen LogP contribution in [0.15, 0.2) is 29.2 Å². The van der Waals surface area contributed by atoms with E-state index < -0.39 is 9.84 Å². The van der Waals surface area contributed by atoms with Crippen molar-refractivity contribution in [3.05, 3.63) is 29.8 Å². The maximum atomic E-state index is 12.3. The third-order valence-corrected chi connectivity index (χ3v) is 4.84. The highest BCUT2D eigenvalue weighted by molar-refractivity contribution is 7.91. The lowest BCUT2D eigenvalue weighted by Gasteiger charge is -2.21. The Labute approximate surface area is 111 Å². The van der Waals surface area contributed by atoms with Crippen LogP contribution in [-0.4, -0.2) is 26.8 Å². The zero-order valence-electron chi connectivity index (χ0n) is 11.6. The molecule has 1 atom stereocenters. The fourth-order valence-corrected chi connectivity index (χ4v) is 3.55. The van der Waals surface area contributed by atoms with Crippen LogP contribution in [0.3, 0.4) is 0 Å². The van der Waals surface area contributed by atoms with Crippen LogP contribution >= 0.6 is 0 Å². The molecule has 1 N–H and O–H groups in total. The number of hydrogen-bond acceptors (Lipinski definition) is 3. The van der Waals surface area contributed by atoms with Crippen LogP contribution in [0.5, 0.6) is 0 Å². The quantitative estimate of drug-likeness (QED) is 0.862. The van der Waals surface area contributed by atoms with Gasteiger partial charge >= 0.3 is 0 Å². The van der Waals surface area contributed by atoms with Crippen molar-refractivity contribution in [2.45, 2.75) is 38.6 Å². The molecule has 0 aliphatic rings. The SMILES string of the molecule is CCNC(CS(=O)(=O)c1ccc(C)cc1)C(C)C. The second kappa shape index (κ2) is 6.34. The average Bonchev–Trinajstić information content (AvgIpc) is 2.28. The molecule has 0 saturated carbocycles. The van der Waals surface area contributed by atoms with Crippen LogP contribution in [0.2, 0.25) is 0 Å². The number of hydrogen-bond donors (Lipinski definition) is 1. The van der Waals surface area contributed by atoms with Gasteiger partial charge in [0, 0.05) is 6.04 Å². The fourth-order valence-electron chi connectivity index (χ4n) is 1.83. The molecule has 18 heavy (non-hydrogen) atoms. The number of nitrogens with one attached hydrogen (secondary N) is 1. The number of benzene rings is 1. The number of sulfone groups is 1. The van der Waals surface area contributed by atoms with Gasteiger partial charge in [-0.2, -0.15) is 0 Å². The predicted octanol–water partition coefficient (Wildman–Crippen LogP) is 2.40. The number of rotatable bonds is 6. The van der Waals surface area contributed by atoms with E-state index in [1.54, 1.807) is 12.1 Å². The highest BCUT2D eigenvalue weighted by Crippen LogP contribution is 2.15. The maximum absolute atomic E-state index is 12.3. The van der Waals surface area contributed by atoms with Gasteiger partial charge in [0.1, 0.15) is 0 Å². The van der Waals surface area contributed by atoms with Gasteiger partial charge in [0.2, 0.25) is 0 Å². The molecule has 0 bridgehead atoms. The summed E-state index contributed by atoms with van der Waals surface area (Å²) in [5, 5.41) is 3.24. The van der Waals surface area contributed by atoms with E-state index >= 15 is 0 Å². The van der Waals surface area contributed by atoms with E-state index in [4.69, 9.17) is 0 Å². The molecular weight excluding hydrogens is 246 g/mol. The van der Waals surface area contributed by atoms with Crippen LogP contribution in [0.4, 0.5) is 0 Å². The van der Waals surface area contributed by atoms with Crippen LogP contribution in [0.25, 0.3) is 0 Å². The molecule has 0 aliphatic heterocycles. The van der Waals surface area contributed by atoms with E-state index in [0.717, 1.165) is 12.1 Å². The Bertz CT molecular complexity index is 463. The average molecular weight is 269 g/mol. The van der Waals surface area contributed by atoms with E-state index in [2.05, 4.69) is 5.32 Å². The molecule has 4 heteroatoms. The molecule has 0 heterocycles. The van der Waals surface area contributed by atoms with E-state index in [0.29, 0.717) is 10.8 Å². The molecule has 1 aromatic carbocycles. The van der Waals surface area contributed by atoms with Crippen molar-refractivity contribution in [1.29, 1.82) is 0 Å². The maximum Gasteiger partial charge on any atom is 0.179 e. The zero-order valence-corrected chi connectivity index (χ0v) is 12.4. The van der Waals surface area contributed by atoms with Gasteiger partial charge in [-0.3, -0.25) is 0 Å². The lowest BCUT2D eigenvalue weighted by Crippen LogP contribution is -2.39. The van der Waals surface area contributed by atoms with Gasteiger partial charge in [0.15, 0.2) is 9.84 Å². The second-order valence-electron chi connectivity index (χ2n) is 5.00. The predicted molar refractivity (Wildman–Crippen MR) is 75.5 cm³/mol.